The number of alkyl halides is 3. The number of hydrazone groups is 1. The number of ether oxygens (including phenoxy) is 2. The molecule has 40 heavy (non-hydrogen) atoms. The van der Waals surface area contributed by atoms with E-state index >= 15 is 0 Å². The quantitative estimate of drug-likeness (QED) is 0.182. The lowest BCUT2D eigenvalue weighted by Crippen LogP contribution is -2.32. The second-order valence-corrected chi connectivity index (χ2v) is 9.27. The molecule has 0 radical (unpaired) electrons. The van der Waals surface area contributed by atoms with E-state index in [1.54, 1.807) is 26.0 Å². The van der Waals surface area contributed by atoms with Crippen molar-refractivity contribution in [3.8, 4) is 11.5 Å². The molecule has 3 N–H and O–H groups in total. The number of methoxy groups -OCH3 is 1. The van der Waals surface area contributed by atoms with Crippen molar-refractivity contribution in [3.05, 3.63) is 81.3 Å². The van der Waals surface area contributed by atoms with Gasteiger partial charge in [-0.2, -0.15) is 18.3 Å². The van der Waals surface area contributed by atoms with Crippen LogP contribution in [0.1, 0.15) is 22.3 Å². The van der Waals surface area contributed by atoms with E-state index in [-0.39, 0.29) is 16.0 Å². The first-order chi connectivity index (χ1) is 18.9. The van der Waals surface area contributed by atoms with Crippen molar-refractivity contribution in [1.29, 1.82) is 0 Å². The molecular formula is C27H24BrF3N4O5. The van der Waals surface area contributed by atoms with E-state index in [2.05, 4.69) is 37.1 Å². The van der Waals surface area contributed by atoms with Crippen LogP contribution in [0.3, 0.4) is 0 Å². The molecule has 13 heteroatoms. The highest BCUT2D eigenvalue weighted by Crippen LogP contribution is 2.36. The molecule has 9 nitrogen and oxygen atoms in total. The van der Waals surface area contributed by atoms with Crippen LogP contribution in [0.2, 0.25) is 0 Å². The zero-order valence-corrected chi connectivity index (χ0v) is 23.1. The first kappa shape index (κ1) is 30.2. The third kappa shape index (κ3) is 8.06. The van der Waals surface area contributed by atoms with Gasteiger partial charge in [0, 0.05) is 10.2 Å². The van der Waals surface area contributed by atoms with Crippen molar-refractivity contribution in [2.24, 2.45) is 5.10 Å². The summed E-state index contributed by atoms with van der Waals surface area (Å²) >= 11 is 2.98. The Hall–Kier alpha value is -4.39. The molecule has 0 bridgehead atoms. The number of benzene rings is 3. The predicted octanol–water partition coefficient (Wildman–Crippen LogP) is 5.20. The van der Waals surface area contributed by atoms with E-state index in [9.17, 15) is 27.6 Å². The van der Waals surface area contributed by atoms with Gasteiger partial charge >= 0.3 is 18.0 Å². The van der Waals surface area contributed by atoms with Crippen LogP contribution in [0.15, 0.2) is 64.2 Å². The Bertz CT molecular complexity index is 1440. The highest BCUT2D eigenvalue weighted by Gasteiger charge is 2.34. The lowest BCUT2D eigenvalue weighted by Gasteiger charge is -2.15. The highest BCUT2D eigenvalue weighted by atomic mass is 79.9. The number of nitrogens with one attached hydrogen (secondary N) is 3. The molecule has 210 valence electrons. The fourth-order valence-corrected chi connectivity index (χ4v) is 3.83. The van der Waals surface area contributed by atoms with Gasteiger partial charge in [0.15, 0.2) is 18.1 Å². The van der Waals surface area contributed by atoms with Crippen LogP contribution in [0.4, 0.5) is 24.5 Å². The minimum absolute atomic E-state index is 0.138. The number of hydrogen-bond acceptors (Lipinski definition) is 6. The lowest BCUT2D eigenvalue weighted by atomic mass is 10.1. The lowest BCUT2D eigenvalue weighted by molar-refractivity contribution is -0.137. The van der Waals surface area contributed by atoms with Gasteiger partial charge in [0.1, 0.15) is 0 Å². The minimum Gasteiger partial charge on any atom is -0.493 e. The molecule has 3 rings (SSSR count). The van der Waals surface area contributed by atoms with Crippen molar-refractivity contribution < 1.29 is 37.0 Å². The van der Waals surface area contributed by atoms with Crippen LogP contribution in [-0.2, 0) is 20.6 Å². The fraction of sp³-hybridized carbons (Fsp3) is 0.185. The summed E-state index contributed by atoms with van der Waals surface area (Å²) in [6.45, 7) is 3.01. The molecule has 0 aromatic heterocycles. The van der Waals surface area contributed by atoms with E-state index in [0.29, 0.717) is 11.3 Å². The molecule has 3 amide bonds. The Labute approximate surface area is 235 Å². The maximum atomic E-state index is 13.3. The van der Waals surface area contributed by atoms with Gasteiger partial charge in [-0.15, -0.1) is 0 Å². The Morgan fingerprint density at radius 3 is 2.30 bits per heavy atom. The van der Waals surface area contributed by atoms with E-state index in [4.69, 9.17) is 9.47 Å². The van der Waals surface area contributed by atoms with Crippen LogP contribution in [0, 0.1) is 13.8 Å². The fourth-order valence-electron chi connectivity index (χ4n) is 3.47. The number of para-hydroxylation sites is 1. The largest absolute Gasteiger partial charge is 0.493 e. The summed E-state index contributed by atoms with van der Waals surface area (Å²) in [5, 5.41) is 8.51. The first-order valence-corrected chi connectivity index (χ1v) is 12.4. The number of hydrogen-bond donors (Lipinski definition) is 3. The number of halogens is 4. The molecule has 0 fully saturated rings. The van der Waals surface area contributed by atoms with Crippen molar-refractivity contribution in [2.75, 3.05) is 24.4 Å². The minimum atomic E-state index is -4.67. The number of aryl methyl sites for hydroxylation is 2. The average Bonchev–Trinajstić information content (AvgIpc) is 2.90. The predicted molar refractivity (Wildman–Crippen MR) is 147 cm³/mol. The van der Waals surface area contributed by atoms with Crippen molar-refractivity contribution in [1.82, 2.24) is 5.43 Å². The van der Waals surface area contributed by atoms with Gasteiger partial charge in [-0.05, 0) is 66.9 Å². The molecule has 0 unspecified atom stereocenters. The summed E-state index contributed by atoms with van der Waals surface area (Å²) in [6.07, 6.45) is -3.41. The molecule has 0 atom stereocenters. The third-order valence-corrected chi connectivity index (χ3v) is 5.91. The normalized spacial score (nSPS) is 11.2. The molecule has 0 aliphatic rings. The standard InChI is InChI=1S/C27H24BrF3N4O5/c1-15-5-4-6-16(2)24(15)34-25(37)26(38)35-32-13-17-7-10-21(22(11-17)39-3)40-14-23(36)33-20-9-8-18(28)12-19(20)27(29,30)31/h4-13H,14H2,1-3H3,(H,33,36)(H,34,37)(H,35,38)/b32-13-. The van der Waals surface area contributed by atoms with Gasteiger partial charge in [-0.1, -0.05) is 34.1 Å². The first-order valence-electron chi connectivity index (χ1n) is 11.6. The summed E-state index contributed by atoms with van der Waals surface area (Å²) in [5.41, 5.74) is 3.31. The molecule has 0 saturated heterocycles. The Morgan fingerprint density at radius 1 is 0.950 bits per heavy atom. The monoisotopic (exact) mass is 620 g/mol. The summed E-state index contributed by atoms with van der Waals surface area (Å²) in [5.74, 6) is -2.35. The number of carbonyl (C=O) groups excluding carboxylic acids is 3. The second-order valence-electron chi connectivity index (χ2n) is 8.35. The van der Waals surface area contributed by atoms with Crippen molar-refractivity contribution in [3.63, 3.8) is 0 Å². The molecule has 0 aliphatic heterocycles. The van der Waals surface area contributed by atoms with Crippen LogP contribution in [0.25, 0.3) is 0 Å². The molecular weight excluding hydrogens is 597 g/mol. The van der Waals surface area contributed by atoms with Crippen molar-refractivity contribution in [2.45, 2.75) is 20.0 Å². The summed E-state index contributed by atoms with van der Waals surface area (Å²) in [6, 6.07) is 13.3. The molecule has 0 aliphatic carbocycles. The van der Waals surface area contributed by atoms with Crippen LogP contribution >= 0.6 is 15.9 Å². The topological polar surface area (TPSA) is 118 Å². The van der Waals surface area contributed by atoms with Crippen molar-refractivity contribution >= 4 is 51.2 Å². The van der Waals surface area contributed by atoms with Crippen LogP contribution in [0.5, 0.6) is 11.5 Å². The Balaban J connectivity index is 1.58. The third-order valence-electron chi connectivity index (χ3n) is 5.41. The Kier molecular flexibility index (Phi) is 9.88. The van der Waals surface area contributed by atoms with E-state index in [1.165, 1.54) is 37.6 Å². The smallest absolute Gasteiger partial charge is 0.418 e. The van der Waals surface area contributed by atoms with E-state index in [1.807, 2.05) is 6.07 Å². The summed E-state index contributed by atoms with van der Waals surface area (Å²) < 4.78 is 50.7. The molecule has 3 aromatic carbocycles. The van der Waals surface area contributed by atoms with Gasteiger partial charge in [0.25, 0.3) is 5.91 Å². The second kappa shape index (κ2) is 13.1. The molecule has 0 saturated carbocycles. The maximum Gasteiger partial charge on any atom is 0.418 e. The number of carbonyl (C=O) groups is 3. The van der Waals surface area contributed by atoms with E-state index < -0.39 is 41.8 Å². The number of anilines is 2. The van der Waals surface area contributed by atoms with Gasteiger partial charge in [-0.3, -0.25) is 14.4 Å². The number of rotatable bonds is 8. The molecule has 3 aromatic rings. The number of nitrogens with zero attached hydrogens (tertiary/aromatic N) is 1. The number of amides is 3. The summed E-state index contributed by atoms with van der Waals surface area (Å²) in [7, 11) is 1.35. The van der Waals surface area contributed by atoms with E-state index in [0.717, 1.165) is 23.3 Å². The molecule has 0 heterocycles. The Morgan fingerprint density at radius 2 is 1.65 bits per heavy atom. The van der Waals surface area contributed by atoms with Crippen LogP contribution in [-0.4, -0.2) is 37.7 Å². The highest BCUT2D eigenvalue weighted by molar-refractivity contribution is 9.10. The SMILES string of the molecule is COc1cc(/C=N\NC(=O)C(=O)Nc2c(C)cccc2C)ccc1OCC(=O)Nc1ccc(Br)cc1C(F)(F)F. The van der Waals surface area contributed by atoms with Gasteiger partial charge in [0.05, 0.1) is 24.6 Å². The van der Waals surface area contributed by atoms with Gasteiger partial charge < -0.3 is 20.1 Å². The summed E-state index contributed by atoms with van der Waals surface area (Å²) in [4.78, 5) is 36.6. The average molecular weight is 621 g/mol. The van der Waals surface area contributed by atoms with Crippen LogP contribution < -0.4 is 25.5 Å². The molecule has 0 spiro atoms. The maximum absolute atomic E-state index is 13.3. The zero-order chi connectivity index (χ0) is 29.4. The zero-order valence-electron chi connectivity index (χ0n) is 21.5. The van der Waals surface area contributed by atoms with Gasteiger partial charge in [-0.25, -0.2) is 5.43 Å². The van der Waals surface area contributed by atoms with Gasteiger partial charge in [0.2, 0.25) is 0 Å².